The molecular formula is C21H32O3. The Morgan fingerprint density at radius 1 is 1.21 bits per heavy atom. The van der Waals surface area contributed by atoms with Gasteiger partial charge in [0.25, 0.3) is 0 Å². The highest BCUT2D eigenvalue weighted by molar-refractivity contribution is 5.88. The van der Waals surface area contributed by atoms with E-state index in [0.29, 0.717) is 23.8 Å². The molecule has 1 fully saturated rings. The van der Waals surface area contributed by atoms with Crippen LogP contribution in [-0.2, 0) is 9.53 Å². The molecule has 0 bridgehead atoms. The Kier molecular flexibility index (Phi) is 6.08. The maximum absolute atomic E-state index is 11.8. The summed E-state index contributed by atoms with van der Waals surface area (Å²) in [6.45, 7) is 8.84. The lowest BCUT2D eigenvalue weighted by Crippen LogP contribution is -2.20. The van der Waals surface area contributed by atoms with E-state index in [0.717, 1.165) is 25.7 Å². The van der Waals surface area contributed by atoms with Gasteiger partial charge in [0, 0.05) is 7.11 Å². The van der Waals surface area contributed by atoms with Crippen LogP contribution >= 0.6 is 0 Å². The van der Waals surface area contributed by atoms with Crippen LogP contribution in [0, 0.1) is 17.3 Å². The maximum atomic E-state index is 11.8. The van der Waals surface area contributed by atoms with E-state index in [1.807, 2.05) is 6.08 Å². The van der Waals surface area contributed by atoms with Crippen molar-refractivity contribution in [2.45, 2.75) is 65.9 Å². The van der Waals surface area contributed by atoms with Gasteiger partial charge in [0.05, 0.1) is 11.7 Å². The lowest BCUT2D eigenvalue weighted by molar-refractivity contribution is -0.134. The SMILES string of the molecule is COC1CC=C(C)CCC=C(C)CCC2C(C=C1C(=O)O)C2(C)C. The lowest BCUT2D eigenvalue weighted by Gasteiger charge is -2.15. The minimum absolute atomic E-state index is 0.186. The maximum Gasteiger partial charge on any atom is 0.333 e. The standard InChI is InChI=1S/C21H32O3/c1-14-7-6-8-15(2)10-12-19(24-5)16(20(22)23)13-18-17(11-9-14)21(18,3)4/h7,10,13,17-19H,6,8-9,11-12H2,1-5H3,(H,22,23). The number of carboxylic acid groups (broad SMARTS) is 1. The van der Waals surface area contributed by atoms with Gasteiger partial charge >= 0.3 is 5.97 Å². The predicted octanol–water partition coefficient (Wildman–Crippen LogP) is 5.14. The second-order valence-corrected chi connectivity index (χ2v) is 8.02. The van der Waals surface area contributed by atoms with Gasteiger partial charge < -0.3 is 9.84 Å². The van der Waals surface area contributed by atoms with E-state index in [-0.39, 0.29) is 11.5 Å². The van der Waals surface area contributed by atoms with Crippen molar-refractivity contribution in [3.05, 3.63) is 34.9 Å². The summed E-state index contributed by atoms with van der Waals surface area (Å²) in [6.07, 6.45) is 11.1. The summed E-state index contributed by atoms with van der Waals surface area (Å²) in [5.41, 5.74) is 3.36. The first-order valence-corrected chi connectivity index (χ1v) is 9.06. The van der Waals surface area contributed by atoms with Gasteiger partial charge in [-0.2, -0.15) is 0 Å². The van der Waals surface area contributed by atoms with Gasteiger partial charge in [-0.1, -0.05) is 43.2 Å². The highest BCUT2D eigenvalue weighted by Gasteiger charge is 2.55. The lowest BCUT2D eigenvalue weighted by atomic mass is 9.99. The zero-order valence-corrected chi connectivity index (χ0v) is 15.8. The van der Waals surface area contributed by atoms with Crippen LogP contribution in [0.3, 0.4) is 0 Å². The van der Waals surface area contributed by atoms with E-state index in [1.54, 1.807) is 7.11 Å². The first kappa shape index (κ1) is 19.0. The van der Waals surface area contributed by atoms with E-state index in [2.05, 4.69) is 39.8 Å². The highest BCUT2D eigenvalue weighted by Crippen LogP contribution is 2.61. The molecule has 3 heteroatoms. The van der Waals surface area contributed by atoms with Crippen molar-refractivity contribution >= 4 is 5.97 Å². The summed E-state index contributed by atoms with van der Waals surface area (Å²) in [5.74, 6) is 0.0486. The Morgan fingerprint density at radius 3 is 2.50 bits per heavy atom. The molecular weight excluding hydrogens is 300 g/mol. The van der Waals surface area contributed by atoms with Gasteiger partial charge in [-0.15, -0.1) is 0 Å². The van der Waals surface area contributed by atoms with Crippen LogP contribution in [0.25, 0.3) is 0 Å². The minimum atomic E-state index is -0.850. The Balaban J connectivity index is 2.32. The number of carboxylic acids is 1. The van der Waals surface area contributed by atoms with Crippen molar-refractivity contribution in [2.75, 3.05) is 7.11 Å². The van der Waals surface area contributed by atoms with Gasteiger partial charge in [0.2, 0.25) is 0 Å². The zero-order chi connectivity index (χ0) is 17.9. The van der Waals surface area contributed by atoms with Crippen molar-refractivity contribution in [1.29, 1.82) is 0 Å². The fraction of sp³-hybridized carbons (Fsp3) is 0.667. The molecule has 134 valence electrons. The van der Waals surface area contributed by atoms with Gasteiger partial charge in [-0.3, -0.25) is 0 Å². The number of rotatable bonds is 2. The largest absolute Gasteiger partial charge is 0.478 e. The van der Waals surface area contributed by atoms with E-state index in [4.69, 9.17) is 4.74 Å². The fourth-order valence-electron chi connectivity index (χ4n) is 3.97. The third-order valence-corrected chi connectivity index (χ3v) is 5.94. The molecule has 2 aliphatic rings. The summed E-state index contributed by atoms with van der Waals surface area (Å²) in [5, 5.41) is 9.68. The normalized spacial score (nSPS) is 31.0. The van der Waals surface area contributed by atoms with Gasteiger partial charge in [-0.25, -0.2) is 4.79 Å². The van der Waals surface area contributed by atoms with Gasteiger partial charge in [-0.05, 0) is 63.2 Å². The van der Waals surface area contributed by atoms with E-state index < -0.39 is 5.97 Å². The summed E-state index contributed by atoms with van der Waals surface area (Å²) >= 11 is 0. The molecule has 3 unspecified atom stereocenters. The van der Waals surface area contributed by atoms with Crippen molar-refractivity contribution in [3.63, 3.8) is 0 Å². The molecule has 0 saturated heterocycles. The Hall–Kier alpha value is -1.35. The van der Waals surface area contributed by atoms with Crippen LogP contribution in [0.4, 0.5) is 0 Å². The quantitative estimate of drug-likeness (QED) is 0.712. The molecule has 3 nitrogen and oxygen atoms in total. The zero-order valence-electron chi connectivity index (χ0n) is 15.8. The predicted molar refractivity (Wildman–Crippen MR) is 97.9 cm³/mol. The molecule has 2 rings (SSSR count). The number of ether oxygens (including phenoxy) is 1. The van der Waals surface area contributed by atoms with Crippen molar-refractivity contribution < 1.29 is 14.6 Å². The van der Waals surface area contributed by atoms with Gasteiger partial charge in [0.1, 0.15) is 0 Å². The molecule has 0 spiro atoms. The first-order chi connectivity index (χ1) is 11.3. The molecule has 1 saturated carbocycles. The number of carbonyl (C=O) groups is 1. The monoisotopic (exact) mass is 332 g/mol. The van der Waals surface area contributed by atoms with Crippen LogP contribution in [0.2, 0.25) is 0 Å². The molecule has 0 aliphatic heterocycles. The van der Waals surface area contributed by atoms with E-state index >= 15 is 0 Å². The molecule has 0 heterocycles. The molecule has 0 amide bonds. The molecule has 24 heavy (non-hydrogen) atoms. The summed E-state index contributed by atoms with van der Waals surface area (Å²) < 4.78 is 5.52. The average molecular weight is 332 g/mol. The molecule has 3 atom stereocenters. The smallest absolute Gasteiger partial charge is 0.333 e. The molecule has 0 aromatic carbocycles. The van der Waals surface area contributed by atoms with Gasteiger partial charge in [0.15, 0.2) is 0 Å². The van der Waals surface area contributed by atoms with Crippen molar-refractivity contribution in [3.8, 4) is 0 Å². The number of methoxy groups -OCH3 is 1. The first-order valence-electron chi connectivity index (χ1n) is 9.06. The van der Waals surface area contributed by atoms with E-state index in [1.165, 1.54) is 11.1 Å². The summed E-state index contributed by atoms with van der Waals surface area (Å²) in [6, 6.07) is 0. The summed E-state index contributed by atoms with van der Waals surface area (Å²) in [7, 11) is 1.61. The van der Waals surface area contributed by atoms with Crippen molar-refractivity contribution in [2.24, 2.45) is 17.3 Å². The topological polar surface area (TPSA) is 46.5 Å². The van der Waals surface area contributed by atoms with Crippen LogP contribution < -0.4 is 0 Å². The average Bonchev–Trinajstić information content (AvgIpc) is 3.03. The minimum Gasteiger partial charge on any atom is -0.478 e. The molecule has 0 aromatic rings. The summed E-state index contributed by atoms with van der Waals surface area (Å²) in [4.78, 5) is 11.8. The third-order valence-electron chi connectivity index (χ3n) is 5.94. The molecule has 0 radical (unpaired) electrons. The number of aliphatic carboxylic acids is 1. The van der Waals surface area contributed by atoms with Crippen LogP contribution in [-0.4, -0.2) is 24.3 Å². The Morgan fingerprint density at radius 2 is 1.88 bits per heavy atom. The number of fused-ring (bicyclic) bond motifs is 1. The molecule has 1 N–H and O–H groups in total. The number of allylic oxidation sites excluding steroid dienone is 4. The second kappa shape index (κ2) is 7.69. The van der Waals surface area contributed by atoms with E-state index in [9.17, 15) is 9.90 Å². The number of hydrogen-bond acceptors (Lipinski definition) is 2. The third kappa shape index (κ3) is 4.38. The Labute approximate surface area is 146 Å². The molecule has 2 aliphatic carbocycles. The molecule has 0 aromatic heterocycles. The Bertz CT molecular complexity index is 566. The van der Waals surface area contributed by atoms with Crippen molar-refractivity contribution in [1.82, 2.24) is 0 Å². The number of hydrogen-bond donors (Lipinski definition) is 1. The fourth-order valence-corrected chi connectivity index (χ4v) is 3.97. The van der Waals surface area contributed by atoms with Crippen LogP contribution in [0.5, 0.6) is 0 Å². The van der Waals surface area contributed by atoms with Crippen LogP contribution in [0.15, 0.2) is 34.9 Å². The van der Waals surface area contributed by atoms with Crippen LogP contribution in [0.1, 0.15) is 59.8 Å². The second-order valence-electron chi connectivity index (χ2n) is 8.02. The highest BCUT2D eigenvalue weighted by atomic mass is 16.5.